The van der Waals surface area contributed by atoms with Crippen LogP contribution in [-0.4, -0.2) is 69.8 Å². The Labute approximate surface area is 147 Å². The molecule has 1 unspecified atom stereocenters. The molecule has 0 aromatic carbocycles. The molecule has 0 spiro atoms. The van der Waals surface area contributed by atoms with Crippen LogP contribution >= 0.6 is 0 Å². The minimum atomic E-state index is -0.349. The highest BCUT2D eigenvalue weighted by atomic mass is 16.5. The number of β-amino-alcohol motifs (C(OH)–C–C–N with tert-alkyl or cyclic N) is 1. The lowest BCUT2D eigenvalue weighted by atomic mass is 10.1. The lowest BCUT2D eigenvalue weighted by Crippen LogP contribution is -2.50. The maximum absolute atomic E-state index is 13.1. The quantitative estimate of drug-likeness (QED) is 0.886. The van der Waals surface area contributed by atoms with E-state index in [2.05, 4.69) is 22.0 Å². The zero-order valence-electron chi connectivity index (χ0n) is 15.2. The molecule has 1 N–H and O–H groups in total. The summed E-state index contributed by atoms with van der Waals surface area (Å²) in [5.41, 5.74) is 2.64. The second-order valence-corrected chi connectivity index (χ2v) is 6.81. The van der Waals surface area contributed by atoms with Crippen LogP contribution in [0, 0.1) is 6.92 Å². The highest BCUT2D eigenvalue weighted by Gasteiger charge is 2.26. The van der Waals surface area contributed by atoms with Gasteiger partial charge in [0.2, 0.25) is 0 Å². The van der Waals surface area contributed by atoms with E-state index in [4.69, 9.17) is 4.52 Å². The predicted octanol–water partition coefficient (Wildman–Crippen LogP) is 1.62. The summed E-state index contributed by atoms with van der Waals surface area (Å²) in [4.78, 5) is 21.5. The average Bonchev–Trinajstić information content (AvgIpc) is 2.97. The Balaban J connectivity index is 1.84. The zero-order valence-corrected chi connectivity index (χ0v) is 15.2. The van der Waals surface area contributed by atoms with E-state index in [1.807, 2.05) is 17.9 Å². The molecular formula is C18H26N4O3. The number of amides is 1. The molecule has 1 saturated heterocycles. The van der Waals surface area contributed by atoms with Crippen LogP contribution in [0.1, 0.15) is 42.0 Å². The molecule has 7 nitrogen and oxygen atoms in total. The van der Waals surface area contributed by atoms with Crippen molar-refractivity contribution >= 4 is 17.0 Å². The highest BCUT2D eigenvalue weighted by Crippen LogP contribution is 2.25. The number of hydrogen-bond donors (Lipinski definition) is 1. The molecular weight excluding hydrogens is 320 g/mol. The highest BCUT2D eigenvalue weighted by molar-refractivity contribution is 6.06. The minimum Gasteiger partial charge on any atom is -0.392 e. The van der Waals surface area contributed by atoms with E-state index in [0.29, 0.717) is 30.9 Å². The summed E-state index contributed by atoms with van der Waals surface area (Å²) in [6.07, 6.45) is 1.35. The maximum Gasteiger partial charge on any atom is 0.258 e. The molecule has 25 heavy (non-hydrogen) atoms. The summed E-state index contributed by atoms with van der Waals surface area (Å²) in [6.45, 7) is 9.22. The van der Waals surface area contributed by atoms with Gasteiger partial charge in [-0.3, -0.25) is 9.69 Å². The van der Waals surface area contributed by atoms with Crippen LogP contribution in [0.15, 0.2) is 10.6 Å². The maximum atomic E-state index is 13.1. The Morgan fingerprint density at radius 3 is 2.72 bits per heavy atom. The number of aromatic nitrogens is 2. The van der Waals surface area contributed by atoms with Crippen LogP contribution in [0.3, 0.4) is 0 Å². The van der Waals surface area contributed by atoms with E-state index >= 15 is 0 Å². The van der Waals surface area contributed by atoms with Gasteiger partial charge in [0.25, 0.3) is 11.6 Å². The number of piperazine rings is 1. The van der Waals surface area contributed by atoms with Crippen LogP contribution in [0.4, 0.5) is 0 Å². The molecule has 2 aromatic rings. The number of hydrogen-bond acceptors (Lipinski definition) is 6. The number of carbonyl (C=O) groups excluding carboxylic acids is 1. The van der Waals surface area contributed by atoms with Crippen molar-refractivity contribution in [3.05, 3.63) is 23.0 Å². The first kappa shape index (κ1) is 17.8. The molecule has 0 saturated carbocycles. The lowest BCUT2D eigenvalue weighted by Gasteiger charge is -2.35. The summed E-state index contributed by atoms with van der Waals surface area (Å²) < 4.78 is 5.35. The van der Waals surface area contributed by atoms with Gasteiger partial charge in [-0.1, -0.05) is 18.5 Å². The van der Waals surface area contributed by atoms with Crippen LogP contribution < -0.4 is 0 Å². The third-order valence-electron chi connectivity index (χ3n) is 4.54. The van der Waals surface area contributed by atoms with Crippen molar-refractivity contribution in [2.45, 2.75) is 39.7 Å². The van der Waals surface area contributed by atoms with Gasteiger partial charge in [0.15, 0.2) is 0 Å². The number of rotatable bonds is 5. The third kappa shape index (κ3) is 3.82. The first-order chi connectivity index (χ1) is 12.0. The number of aliphatic hydroxyl groups is 1. The van der Waals surface area contributed by atoms with Gasteiger partial charge in [0.1, 0.15) is 0 Å². The van der Waals surface area contributed by atoms with E-state index in [1.165, 1.54) is 0 Å². The molecule has 2 aromatic heterocycles. The summed E-state index contributed by atoms with van der Waals surface area (Å²) in [6, 6.07) is 1.84. The molecule has 3 rings (SSSR count). The van der Waals surface area contributed by atoms with Crippen molar-refractivity contribution in [1.29, 1.82) is 0 Å². The topological polar surface area (TPSA) is 82.7 Å². The van der Waals surface area contributed by atoms with Crippen LogP contribution in [0.2, 0.25) is 0 Å². The molecule has 3 heterocycles. The van der Waals surface area contributed by atoms with Gasteiger partial charge in [-0.15, -0.1) is 0 Å². The molecule has 1 aliphatic heterocycles. The number of fused-ring (bicyclic) bond motifs is 1. The van der Waals surface area contributed by atoms with Crippen LogP contribution in [-0.2, 0) is 6.42 Å². The van der Waals surface area contributed by atoms with Crippen molar-refractivity contribution in [1.82, 2.24) is 19.9 Å². The number of aryl methyl sites for hydroxylation is 2. The van der Waals surface area contributed by atoms with E-state index in [9.17, 15) is 9.90 Å². The van der Waals surface area contributed by atoms with Gasteiger partial charge in [0, 0.05) is 38.4 Å². The molecule has 1 amide bonds. The van der Waals surface area contributed by atoms with Gasteiger partial charge >= 0.3 is 0 Å². The Hall–Kier alpha value is -1.99. The van der Waals surface area contributed by atoms with Crippen molar-refractivity contribution in [2.75, 3.05) is 32.7 Å². The second-order valence-electron chi connectivity index (χ2n) is 6.81. The minimum absolute atomic E-state index is 0.00718. The Kier molecular flexibility index (Phi) is 5.34. The van der Waals surface area contributed by atoms with Crippen molar-refractivity contribution in [3.8, 4) is 0 Å². The molecule has 1 aliphatic rings. The van der Waals surface area contributed by atoms with Gasteiger partial charge in [-0.25, -0.2) is 4.98 Å². The average molecular weight is 346 g/mol. The van der Waals surface area contributed by atoms with Crippen molar-refractivity contribution in [3.63, 3.8) is 0 Å². The van der Waals surface area contributed by atoms with E-state index < -0.39 is 0 Å². The number of aliphatic hydroxyl groups excluding tert-OH is 1. The van der Waals surface area contributed by atoms with Crippen LogP contribution in [0.5, 0.6) is 0 Å². The fourth-order valence-electron chi connectivity index (χ4n) is 3.39. The first-order valence-corrected chi connectivity index (χ1v) is 8.95. The van der Waals surface area contributed by atoms with Crippen LogP contribution in [0.25, 0.3) is 11.1 Å². The normalized spacial score (nSPS) is 17.2. The van der Waals surface area contributed by atoms with Gasteiger partial charge < -0.3 is 14.5 Å². The smallest absolute Gasteiger partial charge is 0.258 e. The molecule has 0 radical (unpaired) electrons. The largest absolute Gasteiger partial charge is 0.392 e. The summed E-state index contributed by atoms with van der Waals surface area (Å²) in [5.74, 6) is 0.00718. The van der Waals surface area contributed by atoms with Crippen molar-refractivity contribution < 1.29 is 14.4 Å². The SMILES string of the molecule is CCCc1noc2nc(C)cc(C(=O)N3CCN(CC(C)O)CC3)c12. The third-order valence-corrected chi connectivity index (χ3v) is 4.54. The molecule has 0 aliphatic carbocycles. The zero-order chi connectivity index (χ0) is 18.0. The Morgan fingerprint density at radius 1 is 1.36 bits per heavy atom. The van der Waals surface area contributed by atoms with Gasteiger partial charge in [0.05, 0.1) is 22.7 Å². The molecule has 1 fully saturated rings. The second kappa shape index (κ2) is 7.49. The Morgan fingerprint density at radius 2 is 2.08 bits per heavy atom. The van der Waals surface area contributed by atoms with Gasteiger partial charge in [-0.05, 0) is 26.3 Å². The predicted molar refractivity (Wildman–Crippen MR) is 94.6 cm³/mol. The Bertz CT molecular complexity index is 748. The fourth-order valence-corrected chi connectivity index (χ4v) is 3.39. The molecule has 136 valence electrons. The monoisotopic (exact) mass is 346 g/mol. The number of carbonyl (C=O) groups is 1. The summed E-state index contributed by atoms with van der Waals surface area (Å²) in [5, 5.41) is 14.4. The number of pyridine rings is 1. The fraction of sp³-hybridized carbons (Fsp3) is 0.611. The molecule has 1 atom stereocenters. The lowest BCUT2D eigenvalue weighted by molar-refractivity contribution is 0.0555. The van der Waals surface area contributed by atoms with E-state index in [-0.39, 0.29) is 12.0 Å². The summed E-state index contributed by atoms with van der Waals surface area (Å²) in [7, 11) is 0. The van der Waals surface area contributed by atoms with E-state index in [0.717, 1.165) is 42.7 Å². The van der Waals surface area contributed by atoms with Crippen molar-refractivity contribution in [2.24, 2.45) is 0 Å². The van der Waals surface area contributed by atoms with E-state index in [1.54, 1.807) is 6.92 Å². The summed E-state index contributed by atoms with van der Waals surface area (Å²) >= 11 is 0. The standard InChI is InChI=1S/C18H26N4O3/c1-4-5-15-16-14(10-12(2)19-17(16)25-20-15)18(24)22-8-6-21(7-9-22)11-13(3)23/h10,13,23H,4-9,11H2,1-3H3. The molecule has 0 bridgehead atoms. The molecule has 7 heteroatoms. The van der Waals surface area contributed by atoms with Gasteiger partial charge in [-0.2, -0.15) is 0 Å². The first-order valence-electron chi connectivity index (χ1n) is 8.95. The number of nitrogens with zero attached hydrogens (tertiary/aromatic N) is 4.